The van der Waals surface area contributed by atoms with Gasteiger partial charge in [0.15, 0.2) is 8.24 Å². The Bertz CT molecular complexity index is 573. The lowest BCUT2D eigenvalue weighted by atomic mass is 9.66. The molecular formula is C24H43NOSi. The van der Waals surface area contributed by atoms with Gasteiger partial charge in [0.2, 0.25) is 5.91 Å². The van der Waals surface area contributed by atoms with Crippen LogP contribution in [0.3, 0.4) is 0 Å². The van der Waals surface area contributed by atoms with Crippen LogP contribution in [0.25, 0.3) is 0 Å². The van der Waals surface area contributed by atoms with Gasteiger partial charge >= 0.3 is 0 Å². The smallest absolute Gasteiger partial charge is 0.223 e. The van der Waals surface area contributed by atoms with E-state index in [4.69, 9.17) is 0 Å². The van der Waals surface area contributed by atoms with E-state index in [9.17, 15) is 4.79 Å². The monoisotopic (exact) mass is 389 g/mol. The first kappa shape index (κ1) is 22.5. The van der Waals surface area contributed by atoms with Crippen LogP contribution in [0.4, 0.5) is 0 Å². The topological polar surface area (TPSA) is 29.1 Å². The van der Waals surface area contributed by atoms with Crippen LogP contribution >= 0.6 is 0 Å². The summed E-state index contributed by atoms with van der Waals surface area (Å²) in [5, 5.41) is 0. The van der Waals surface area contributed by atoms with Crippen LogP contribution in [-0.2, 0) is 4.79 Å². The van der Waals surface area contributed by atoms with Crippen molar-refractivity contribution in [3.05, 3.63) is 17.4 Å². The van der Waals surface area contributed by atoms with E-state index in [1.54, 1.807) is 0 Å². The minimum atomic E-state index is -1.84. The summed E-state index contributed by atoms with van der Waals surface area (Å²) in [6, 6.07) is 0. The van der Waals surface area contributed by atoms with Gasteiger partial charge in [-0.3, -0.25) is 4.79 Å². The first-order valence-electron chi connectivity index (χ1n) is 11.4. The van der Waals surface area contributed by atoms with Crippen molar-refractivity contribution in [2.75, 3.05) is 0 Å². The highest BCUT2D eigenvalue weighted by atomic mass is 28.3. The van der Waals surface area contributed by atoms with Crippen LogP contribution in [0.1, 0.15) is 98.3 Å². The van der Waals surface area contributed by atoms with Gasteiger partial charge in [0.05, 0.1) is 5.41 Å². The number of carbonyl (C=O) groups is 1. The molecule has 0 bridgehead atoms. The summed E-state index contributed by atoms with van der Waals surface area (Å²) in [5.41, 5.74) is 4.59. The van der Waals surface area contributed by atoms with Gasteiger partial charge in [0.25, 0.3) is 0 Å². The predicted octanol–water partition coefficient (Wildman–Crippen LogP) is 7.13. The highest BCUT2D eigenvalue weighted by Crippen LogP contribution is 2.49. The Morgan fingerprint density at radius 2 is 1.41 bits per heavy atom. The Balaban J connectivity index is 2.05. The van der Waals surface area contributed by atoms with Crippen molar-refractivity contribution in [1.82, 2.24) is 4.98 Å². The lowest BCUT2D eigenvalue weighted by Gasteiger charge is -2.41. The van der Waals surface area contributed by atoms with Crippen molar-refractivity contribution < 1.29 is 4.79 Å². The van der Waals surface area contributed by atoms with E-state index in [0.29, 0.717) is 5.54 Å². The van der Waals surface area contributed by atoms with Gasteiger partial charge in [-0.2, -0.15) is 0 Å². The SMILES string of the molecule is CC1=C=CC(C)(C(=O)N[Si](C)(C)C2CCCCCCCCCCC2)C1(C)C. The van der Waals surface area contributed by atoms with Crippen LogP contribution in [-0.4, -0.2) is 14.1 Å². The maximum atomic E-state index is 13.4. The number of amides is 1. The second-order valence-corrected chi connectivity index (χ2v) is 14.9. The molecule has 0 aliphatic heterocycles. The third-order valence-electron chi connectivity index (χ3n) is 7.85. The first-order chi connectivity index (χ1) is 12.6. The molecule has 0 radical (unpaired) electrons. The van der Waals surface area contributed by atoms with Crippen molar-refractivity contribution in [1.29, 1.82) is 0 Å². The number of hydrogen-bond acceptors (Lipinski definition) is 1. The standard InChI is InChI=1S/C24H43NOSi/c1-20-18-19-24(4,23(20,2)3)22(26)25-27(5,6)21-16-14-12-10-8-7-9-11-13-15-17-21/h19,21H,7-17H2,1-6H3,(H,25,26). The minimum Gasteiger partial charge on any atom is -0.381 e. The molecule has 1 amide bonds. The van der Waals surface area contributed by atoms with Gasteiger partial charge < -0.3 is 4.98 Å². The molecule has 0 aromatic carbocycles. The molecule has 1 N–H and O–H groups in total. The van der Waals surface area contributed by atoms with Crippen molar-refractivity contribution in [3.63, 3.8) is 0 Å². The fraction of sp³-hybridized carbons (Fsp3) is 0.833. The molecule has 1 saturated carbocycles. The molecule has 154 valence electrons. The Hall–Kier alpha value is -0.793. The van der Waals surface area contributed by atoms with Crippen molar-refractivity contribution in [2.24, 2.45) is 10.8 Å². The summed E-state index contributed by atoms with van der Waals surface area (Å²) in [7, 11) is -1.84. The minimum absolute atomic E-state index is 0.159. The molecule has 3 heteroatoms. The molecule has 27 heavy (non-hydrogen) atoms. The van der Waals surface area contributed by atoms with Gasteiger partial charge in [-0.05, 0) is 31.0 Å². The number of nitrogens with one attached hydrogen (secondary N) is 1. The molecule has 1 unspecified atom stereocenters. The van der Waals surface area contributed by atoms with Gasteiger partial charge in [-0.25, -0.2) is 0 Å². The molecule has 1 fully saturated rings. The Morgan fingerprint density at radius 1 is 0.963 bits per heavy atom. The first-order valence-corrected chi connectivity index (χ1v) is 14.5. The molecule has 2 rings (SSSR count). The lowest BCUT2D eigenvalue weighted by Crippen LogP contribution is -2.58. The predicted molar refractivity (Wildman–Crippen MR) is 119 cm³/mol. The van der Waals surface area contributed by atoms with Crippen LogP contribution in [0.2, 0.25) is 18.6 Å². The molecule has 2 aliphatic carbocycles. The normalized spacial score (nSPS) is 28.1. The molecule has 0 aromatic heterocycles. The van der Waals surface area contributed by atoms with Crippen molar-refractivity contribution in [2.45, 2.75) is 117 Å². The summed E-state index contributed by atoms with van der Waals surface area (Å²) in [5.74, 6) is 0.222. The van der Waals surface area contributed by atoms with Crippen molar-refractivity contribution >= 4 is 14.1 Å². The summed E-state index contributed by atoms with van der Waals surface area (Å²) in [6.45, 7) is 13.3. The van der Waals surface area contributed by atoms with Gasteiger partial charge in [0, 0.05) is 5.41 Å². The molecule has 0 heterocycles. The van der Waals surface area contributed by atoms with E-state index in [-0.39, 0.29) is 11.3 Å². The molecular weight excluding hydrogens is 346 g/mol. The van der Waals surface area contributed by atoms with E-state index in [2.05, 4.69) is 51.5 Å². The second-order valence-electron chi connectivity index (χ2n) is 10.4. The second kappa shape index (κ2) is 9.14. The van der Waals surface area contributed by atoms with E-state index < -0.39 is 13.7 Å². The number of rotatable bonds is 3. The van der Waals surface area contributed by atoms with Gasteiger partial charge in [-0.1, -0.05) is 97.6 Å². The summed E-state index contributed by atoms with van der Waals surface area (Å²) in [6.07, 6.45) is 17.0. The van der Waals surface area contributed by atoms with Gasteiger partial charge in [-0.15, -0.1) is 5.73 Å². The largest absolute Gasteiger partial charge is 0.381 e. The van der Waals surface area contributed by atoms with E-state index in [0.717, 1.165) is 0 Å². The summed E-state index contributed by atoms with van der Waals surface area (Å²) in [4.78, 5) is 17.0. The average molecular weight is 390 g/mol. The molecule has 2 aliphatic rings. The summed E-state index contributed by atoms with van der Waals surface area (Å²) < 4.78 is 0. The maximum Gasteiger partial charge on any atom is 0.223 e. The van der Waals surface area contributed by atoms with Crippen LogP contribution in [0, 0.1) is 10.8 Å². The maximum absolute atomic E-state index is 13.4. The van der Waals surface area contributed by atoms with E-state index in [1.165, 1.54) is 76.2 Å². The lowest BCUT2D eigenvalue weighted by molar-refractivity contribution is -0.130. The third kappa shape index (κ3) is 5.18. The molecule has 1 atom stereocenters. The molecule has 0 spiro atoms. The fourth-order valence-electron chi connectivity index (χ4n) is 4.76. The zero-order chi connectivity index (χ0) is 20.1. The van der Waals surface area contributed by atoms with Crippen molar-refractivity contribution in [3.8, 4) is 0 Å². The Morgan fingerprint density at radius 3 is 1.81 bits per heavy atom. The number of hydrogen-bond donors (Lipinski definition) is 1. The molecule has 0 aromatic rings. The highest BCUT2D eigenvalue weighted by Gasteiger charge is 2.50. The summed E-state index contributed by atoms with van der Waals surface area (Å²) >= 11 is 0. The zero-order valence-electron chi connectivity index (χ0n) is 18.8. The molecule has 2 nitrogen and oxygen atoms in total. The molecule has 0 saturated heterocycles. The fourth-order valence-corrected chi connectivity index (χ4v) is 7.66. The van der Waals surface area contributed by atoms with Gasteiger partial charge in [0.1, 0.15) is 0 Å². The highest BCUT2D eigenvalue weighted by molar-refractivity contribution is 6.78. The van der Waals surface area contributed by atoms with Crippen LogP contribution in [0.15, 0.2) is 17.4 Å². The Labute approximate surface area is 169 Å². The Kier molecular flexibility index (Phi) is 7.61. The van der Waals surface area contributed by atoms with E-state index in [1.807, 2.05) is 6.08 Å². The van der Waals surface area contributed by atoms with E-state index >= 15 is 0 Å². The van der Waals surface area contributed by atoms with Crippen LogP contribution in [0.5, 0.6) is 0 Å². The zero-order valence-corrected chi connectivity index (χ0v) is 19.8. The average Bonchev–Trinajstić information content (AvgIpc) is 2.79. The quantitative estimate of drug-likeness (QED) is 0.403. The number of carbonyl (C=O) groups excluding carboxylic acids is 1. The third-order valence-corrected chi connectivity index (χ3v) is 11.3. The van der Waals surface area contributed by atoms with Crippen LogP contribution < -0.4 is 4.98 Å².